The third-order valence-corrected chi connectivity index (χ3v) is 4.36. The summed E-state index contributed by atoms with van der Waals surface area (Å²) in [4.78, 5) is 0. The molecule has 0 saturated heterocycles. The Balaban J connectivity index is 2.31. The van der Waals surface area contributed by atoms with Crippen LogP contribution in [-0.4, -0.2) is 14.2 Å². The molecule has 1 unspecified atom stereocenters. The van der Waals surface area contributed by atoms with Crippen molar-refractivity contribution >= 4 is 31.9 Å². The summed E-state index contributed by atoms with van der Waals surface area (Å²) >= 11 is 6.93. The van der Waals surface area contributed by atoms with Crippen molar-refractivity contribution in [2.75, 3.05) is 14.2 Å². The molecule has 0 aliphatic rings. The lowest BCUT2D eigenvalue weighted by Crippen LogP contribution is -2.14. The summed E-state index contributed by atoms with van der Waals surface area (Å²) in [7, 11) is 3.28. The van der Waals surface area contributed by atoms with Gasteiger partial charge in [0.05, 0.1) is 18.7 Å². The number of rotatable bonds is 5. The van der Waals surface area contributed by atoms with Gasteiger partial charge in [-0.15, -0.1) is 0 Å². The van der Waals surface area contributed by atoms with E-state index in [0.717, 1.165) is 32.4 Å². The summed E-state index contributed by atoms with van der Waals surface area (Å²) in [6.07, 6.45) is 0.723. The van der Waals surface area contributed by atoms with Gasteiger partial charge in [0.1, 0.15) is 11.5 Å². The lowest BCUT2D eigenvalue weighted by Gasteiger charge is -2.18. The monoisotopic (exact) mass is 413 g/mol. The third kappa shape index (κ3) is 3.99. The first-order valence-electron chi connectivity index (χ1n) is 6.46. The van der Waals surface area contributed by atoms with Gasteiger partial charge in [0, 0.05) is 16.1 Å². The van der Waals surface area contributed by atoms with E-state index in [-0.39, 0.29) is 6.04 Å². The second kappa shape index (κ2) is 7.29. The van der Waals surface area contributed by atoms with E-state index >= 15 is 0 Å². The Labute approximate surface area is 141 Å². The molecule has 112 valence electrons. The average molecular weight is 415 g/mol. The molecule has 2 rings (SSSR count). The first kappa shape index (κ1) is 16.3. The van der Waals surface area contributed by atoms with Crippen molar-refractivity contribution < 1.29 is 9.47 Å². The molecule has 0 aliphatic heterocycles. The van der Waals surface area contributed by atoms with Crippen LogP contribution in [0, 0.1) is 0 Å². The molecule has 0 amide bonds. The van der Waals surface area contributed by atoms with Crippen molar-refractivity contribution in [1.29, 1.82) is 0 Å². The van der Waals surface area contributed by atoms with E-state index in [1.165, 1.54) is 5.56 Å². The first-order valence-corrected chi connectivity index (χ1v) is 8.05. The van der Waals surface area contributed by atoms with Gasteiger partial charge in [0.15, 0.2) is 0 Å². The van der Waals surface area contributed by atoms with Crippen LogP contribution in [0.4, 0.5) is 0 Å². The van der Waals surface area contributed by atoms with Crippen LogP contribution >= 0.6 is 31.9 Å². The zero-order valence-corrected chi connectivity index (χ0v) is 15.1. The number of halogens is 2. The molecule has 2 aromatic rings. The van der Waals surface area contributed by atoms with Crippen LogP contribution in [0.25, 0.3) is 0 Å². The minimum absolute atomic E-state index is 0.170. The van der Waals surface area contributed by atoms with Crippen molar-refractivity contribution in [2.45, 2.75) is 12.5 Å². The smallest absolute Gasteiger partial charge is 0.133 e. The van der Waals surface area contributed by atoms with E-state index in [9.17, 15) is 0 Å². The largest absolute Gasteiger partial charge is 0.496 e. The quantitative estimate of drug-likeness (QED) is 0.784. The van der Waals surface area contributed by atoms with Gasteiger partial charge in [-0.3, -0.25) is 0 Å². The van der Waals surface area contributed by atoms with Crippen LogP contribution in [0.15, 0.2) is 45.3 Å². The zero-order chi connectivity index (χ0) is 15.4. The molecule has 0 heterocycles. The SMILES string of the molecule is COc1cc(C(N)Cc2cccc(Br)c2)c(OC)cc1Br. The molecular formula is C16H17Br2NO2. The zero-order valence-electron chi connectivity index (χ0n) is 11.9. The van der Waals surface area contributed by atoms with E-state index in [0.29, 0.717) is 0 Å². The van der Waals surface area contributed by atoms with Crippen molar-refractivity contribution in [1.82, 2.24) is 0 Å². The maximum absolute atomic E-state index is 6.36. The summed E-state index contributed by atoms with van der Waals surface area (Å²) in [5.41, 5.74) is 8.46. The summed E-state index contributed by atoms with van der Waals surface area (Å²) < 4.78 is 12.7. The molecular weight excluding hydrogens is 398 g/mol. The normalized spacial score (nSPS) is 12.0. The van der Waals surface area contributed by atoms with Gasteiger partial charge in [-0.2, -0.15) is 0 Å². The third-order valence-electron chi connectivity index (χ3n) is 3.25. The molecule has 0 radical (unpaired) electrons. The van der Waals surface area contributed by atoms with E-state index in [1.807, 2.05) is 24.3 Å². The molecule has 0 saturated carbocycles. The van der Waals surface area contributed by atoms with Crippen molar-refractivity contribution in [3.05, 3.63) is 56.5 Å². The predicted molar refractivity (Wildman–Crippen MR) is 92.0 cm³/mol. The van der Waals surface area contributed by atoms with Crippen molar-refractivity contribution in [3.63, 3.8) is 0 Å². The van der Waals surface area contributed by atoms with Crippen LogP contribution in [0.5, 0.6) is 11.5 Å². The number of hydrogen-bond acceptors (Lipinski definition) is 3. The van der Waals surface area contributed by atoms with Gasteiger partial charge < -0.3 is 15.2 Å². The van der Waals surface area contributed by atoms with E-state index in [1.54, 1.807) is 14.2 Å². The topological polar surface area (TPSA) is 44.5 Å². The highest BCUT2D eigenvalue weighted by atomic mass is 79.9. The molecule has 1 atom stereocenters. The second-order valence-corrected chi connectivity index (χ2v) is 6.44. The molecule has 0 spiro atoms. The Morgan fingerprint density at radius 1 is 1.05 bits per heavy atom. The summed E-state index contributed by atoms with van der Waals surface area (Å²) in [6.45, 7) is 0. The Morgan fingerprint density at radius 3 is 2.38 bits per heavy atom. The first-order chi connectivity index (χ1) is 10.0. The van der Waals surface area contributed by atoms with Crippen LogP contribution in [0.2, 0.25) is 0 Å². The molecule has 0 fully saturated rings. The highest BCUT2D eigenvalue weighted by Gasteiger charge is 2.16. The number of nitrogens with two attached hydrogens (primary N) is 1. The summed E-state index contributed by atoms with van der Waals surface area (Å²) in [5, 5.41) is 0. The van der Waals surface area contributed by atoms with Crippen molar-refractivity contribution in [3.8, 4) is 11.5 Å². The Hall–Kier alpha value is -1.04. The van der Waals surface area contributed by atoms with Crippen LogP contribution < -0.4 is 15.2 Å². The molecule has 3 nitrogen and oxygen atoms in total. The Bertz CT molecular complexity index is 632. The highest BCUT2D eigenvalue weighted by molar-refractivity contribution is 9.10. The standard InChI is InChI=1S/C16H17Br2NO2/c1-20-15-9-13(18)16(21-2)8-12(15)14(19)7-10-4-3-5-11(17)6-10/h3-6,8-9,14H,7,19H2,1-2H3. The van der Waals surface area contributed by atoms with Gasteiger partial charge in [0.2, 0.25) is 0 Å². The van der Waals surface area contributed by atoms with Crippen LogP contribution in [0.1, 0.15) is 17.2 Å². The molecule has 2 N–H and O–H groups in total. The van der Waals surface area contributed by atoms with Gasteiger partial charge in [-0.05, 0) is 52.2 Å². The second-order valence-electron chi connectivity index (χ2n) is 4.67. The molecule has 0 aliphatic carbocycles. The lowest BCUT2D eigenvalue weighted by atomic mass is 9.98. The Kier molecular flexibility index (Phi) is 5.67. The van der Waals surface area contributed by atoms with Crippen LogP contribution in [0.3, 0.4) is 0 Å². The predicted octanol–water partition coefficient (Wildman–Crippen LogP) is 4.47. The fraction of sp³-hybridized carbons (Fsp3) is 0.250. The van der Waals surface area contributed by atoms with Crippen molar-refractivity contribution in [2.24, 2.45) is 5.73 Å². The molecule has 0 aromatic heterocycles. The highest BCUT2D eigenvalue weighted by Crippen LogP contribution is 2.36. The maximum atomic E-state index is 6.36. The molecule has 5 heteroatoms. The fourth-order valence-corrected chi connectivity index (χ4v) is 3.13. The van der Waals surface area contributed by atoms with E-state index < -0.39 is 0 Å². The lowest BCUT2D eigenvalue weighted by molar-refractivity contribution is 0.393. The number of hydrogen-bond donors (Lipinski definition) is 1. The number of benzene rings is 2. The summed E-state index contributed by atoms with van der Waals surface area (Å²) in [6, 6.07) is 11.8. The minimum Gasteiger partial charge on any atom is -0.496 e. The number of methoxy groups -OCH3 is 2. The minimum atomic E-state index is -0.170. The molecule has 2 aromatic carbocycles. The van der Waals surface area contributed by atoms with E-state index in [2.05, 4.69) is 44.0 Å². The average Bonchev–Trinajstić information content (AvgIpc) is 2.46. The molecule has 0 bridgehead atoms. The number of ether oxygens (including phenoxy) is 2. The van der Waals surface area contributed by atoms with E-state index in [4.69, 9.17) is 15.2 Å². The Morgan fingerprint density at radius 2 is 1.76 bits per heavy atom. The van der Waals surface area contributed by atoms with Gasteiger partial charge >= 0.3 is 0 Å². The maximum Gasteiger partial charge on any atom is 0.133 e. The van der Waals surface area contributed by atoms with Gasteiger partial charge in [0.25, 0.3) is 0 Å². The van der Waals surface area contributed by atoms with Gasteiger partial charge in [-0.1, -0.05) is 28.1 Å². The van der Waals surface area contributed by atoms with Crippen LogP contribution in [-0.2, 0) is 6.42 Å². The fourth-order valence-electron chi connectivity index (χ4n) is 2.20. The van der Waals surface area contributed by atoms with Gasteiger partial charge in [-0.25, -0.2) is 0 Å². The molecule has 21 heavy (non-hydrogen) atoms. The summed E-state index contributed by atoms with van der Waals surface area (Å²) in [5.74, 6) is 1.50.